The molecular weight excluding hydrogens is 334 g/mol. The lowest BCUT2D eigenvalue weighted by atomic mass is 10.1. The van der Waals surface area contributed by atoms with Crippen molar-refractivity contribution in [2.24, 2.45) is 5.92 Å². The molecule has 144 valence electrons. The van der Waals surface area contributed by atoms with E-state index in [0.29, 0.717) is 50.1 Å². The van der Waals surface area contributed by atoms with Crippen LogP contribution >= 0.6 is 0 Å². The van der Waals surface area contributed by atoms with Gasteiger partial charge in [0.2, 0.25) is 11.8 Å². The van der Waals surface area contributed by atoms with Crippen LogP contribution < -0.4 is 5.32 Å². The maximum Gasteiger partial charge on any atom is 0.317 e. The molecule has 0 radical (unpaired) electrons. The van der Waals surface area contributed by atoms with Crippen molar-refractivity contribution in [1.29, 1.82) is 0 Å². The fraction of sp³-hybridized carbons (Fsp3) is 0.778. The number of nitrogens with zero attached hydrogens (tertiary/aromatic N) is 4. The maximum atomic E-state index is 12.3. The molecule has 1 aromatic rings. The first-order valence-corrected chi connectivity index (χ1v) is 9.66. The highest BCUT2D eigenvalue weighted by molar-refractivity contribution is 5.79. The van der Waals surface area contributed by atoms with Crippen LogP contribution in [0, 0.1) is 5.92 Å². The van der Waals surface area contributed by atoms with Crippen LogP contribution in [0.15, 0.2) is 4.52 Å². The zero-order valence-electron chi connectivity index (χ0n) is 15.7. The number of nitrogens with one attached hydrogen (secondary N) is 1. The second kappa shape index (κ2) is 8.51. The summed E-state index contributed by atoms with van der Waals surface area (Å²) in [7, 11) is 1.78. The Hall–Kier alpha value is -2.12. The molecule has 2 fully saturated rings. The first-order chi connectivity index (χ1) is 12.6. The van der Waals surface area contributed by atoms with Crippen LogP contribution in [0.3, 0.4) is 0 Å². The summed E-state index contributed by atoms with van der Waals surface area (Å²) in [4.78, 5) is 32.5. The van der Waals surface area contributed by atoms with Crippen molar-refractivity contribution in [3.63, 3.8) is 0 Å². The highest BCUT2D eigenvalue weighted by Gasteiger charge is 2.36. The molecule has 1 saturated heterocycles. The molecule has 1 aliphatic carbocycles. The van der Waals surface area contributed by atoms with Crippen molar-refractivity contribution in [2.45, 2.75) is 57.9 Å². The third kappa shape index (κ3) is 4.53. The predicted octanol–water partition coefficient (Wildman–Crippen LogP) is 1.61. The zero-order chi connectivity index (χ0) is 18.5. The highest BCUT2D eigenvalue weighted by atomic mass is 16.5. The van der Waals surface area contributed by atoms with Gasteiger partial charge >= 0.3 is 6.03 Å². The number of carbonyl (C=O) groups excluding carboxylic acids is 2. The maximum absolute atomic E-state index is 12.3. The molecule has 3 rings (SSSR count). The van der Waals surface area contributed by atoms with Crippen molar-refractivity contribution in [1.82, 2.24) is 25.3 Å². The van der Waals surface area contributed by atoms with Gasteiger partial charge in [-0.2, -0.15) is 4.98 Å². The van der Waals surface area contributed by atoms with Crippen LogP contribution in [0.2, 0.25) is 0 Å². The van der Waals surface area contributed by atoms with Crippen molar-refractivity contribution in [2.75, 3.05) is 26.7 Å². The van der Waals surface area contributed by atoms with Crippen LogP contribution in [-0.4, -0.2) is 64.6 Å². The van der Waals surface area contributed by atoms with Gasteiger partial charge < -0.3 is 19.6 Å². The Balaban J connectivity index is 1.39. The lowest BCUT2D eigenvalue weighted by molar-refractivity contribution is -0.129. The molecule has 8 nitrogen and oxygen atoms in total. The van der Waals surface area contributed by atoms with E-state index in [1.807, 2.05) is 11.8 Å². The van der Waals surface area contributed by atoms with E-state index in [2.05, 4.69) is 15.5 Å². The van der Waals surface area contributed by atoms with Crippen LogP contribution in [0.1, 0.15) is 50.7 Å². The molecule has 26 heavy (non-hydrogen) atoms. The van der Waals surface area contributed by atoms with Crippen molar-refractivity contribution in [3.05, 3.63) is 11.7 Å². The molecule has 1 aromatic heterocycles. The van der Waals surface area contributed by atoms with Gasteiger partial charge in [-0.3, -0.25) is 4.79 Å². The Kier molecular flexibility index (Phi) is 6.11. The SMILES string of the molecule is CCc1nc(CCNC(=O)N(C)C[C@@H]2CC(=O)N(C3CCCC3)C2)no1. The van der Waals surface area contributed by atoms with Gasteiger partial charge in [-0.05, 0) is 12.8 Å². The number of amides is 3. The van der Waals surface area contributed by atoms with Gasteiger partial charge in [0.05, 0.1) is 0 Å². The molecule has 1 atom stereocenters. The summed E-state index contributed by atoms with van der Waals surface area (Å²) >= 11 is 0. The minimum atomic E-state index is -0.129. The summed E-state index contributed by atoms with van der Waals surface area (Å²) in [6.07, 6.45) is 6.51. The van der Waals surface area contributed by atoms with E-state index < -0.39 is 0 Å². The summed E-state index contributed by atoms with van der Waals surface area (Å²) in [6.45, 7) is 3.80. The number of rotatable bonds is 7. The first-order valence-electron chi connectivity index (χ1n) is 9.66. The molecule has 2 aliphatic rings. The van der Waals surface area contributed by atoms with E-state index in [1.54, 1.807) is 11.9 Å². The second-order valence-corrected chi connectivity index (χ2v) is 7.37. The molecule has 1 saturated carbocycles. The van der Waals surface area contributed by atoms with Crippen molar-refractivity contribution < 1.29 is 14.1 Å². The monoisotopic (exact) mass is 363 g/mol. The van der Waals surface area contributed by atoms with Gasteiger partial charge in [0.15, 0.2) is 5.82 Å². The van der Waals surface area contributed by atoms with Crippen LogP contribution in [0.5, 0.6) is 0 Å². The summed E-state index contributed by atoms with van der Waals surface area (Å²) in [6, 6.07) is 0.297. The fourth-order valence-electron chi connectivity index (χ4n) is 3.92. The molecular formula is C18H29N5O3. The molecule has 0 spiro atoms. The normalized spacial score (nSPS) is 20.8. The summed E-state index contributed by atoms with van der Waals surface area (Å²) < 4.78 is 5.05. The molecule has 1 aliphatic heterocycles. The Morgan fingerprint density at radius 3 is 2.85 bits per heavy atom. The van der Waals surface area contributed by atoms with Gasteiger partial charge in [0.25, 0.3) is 0 Å². The van der Waals surface area contributed by atoms with Crippen LogP contribution in [0.4, 0.5) is 4.79 Å². The lowest BCUT2D eigenvalue weighted by Crippen LogP contribution is -2.41. The van der Waals surface area contributed by atoms with Gasteiger partial charge in [-0.15, -0.1) is 0 Å². The van der Waals surface area contributed by atoms with Gasteiger partial charge in [-0.25, -0.2) is 4.79 Å². The smallest absolute Gasteiger partial charge is 0.317 e. The number of likely N-dealkylation sites (tertiary alicyclic amines) is 1. The van der Waals surface area contributed by atoms with E-state index in [4.69, 9.17) is 4.52 Å². The molecule has 0 aromatic carbocycles. The molecule has 8 heteroatoms. The van der Waals surface area contributed by atoms with E-state index in [-0.39, 0.29) is 17.9 Å². The third-order valence-corrected chi connectivity index (χ3v) is 5.32. The van der Waals surface area contributed by atoms with E-state index in [0.717, 1.165) is 19.4 Å². The minimum Gasteiger partial charge on any atom is -0.339 e. The molecule has 1 N–H and O–H groups in total. The van der Waals surface area contributed by atoms with E-state index in [9.17, 15) is 9.59 Å². The van der Waals surface area contributed by atoms with Gasteiger partial charge in [0.1, 0.15) is 0 Å². The number of carbonyl (C=O) groups is 2. The molecule has 3 amide bonds. The van der Waals surface area contributed by atoms with Crippen LogP contribution in [0.25, 0.3) is 0 Å². The summed E-state index contributed by atoms with van der Waals surface area (Å²) in [5.74, 6) is 1.70. The second-order valence-electron chi connectivity index (χ2n) is 7.37. The molecule has 0 unspecified atom stereocenters. The minimum absolute atomic E-state index is 0.129. The Morgan fingerprint density at radius 2 is 2.15 bits per heavy atom. The highest BCUT2D eigenvalue weighted by Crippen LogP contribution is 2.29. The third-order valence-electron chi connectivity index (χ3n) is 5.32. The van der Waals surface area contributed by atoms with Crippen LogP contribution in [-0.2, 0) is 17.6 Å². The quantitative estimate of drug-likeness (QED) is 0.795. The number of hydrogen-bond acceptors (Lipinski definition) is 5. The van der Waals surface area contributed by atoms with Gasteiger partial charge in [-0.1, -0.05) is 24.9 Å². The molecule has 0 bridgehead atoms. The lowest BCUT2D eigenvalue weighted by Gasteiger charge is -2.25. The average molecular weight is 363 g/mol. The Bertz CT molecular complexity index is 626. The predicted molar refractivity (Wildman–Crippen MR) is 95.5 cm³/mol. The standard InChI is InChI=1S/C18H29N5O3/c1-3-16-20-15(21-26-16)8-9-19-18(25)22(2)11-13-10-17(24)23(12-13)14-6-4-5-7-14/h13-14H,3-12H2,1-2H3,(H,19,25)/t13-/m0/s1. The fourth-order valence-corrected chi connectivity index (χ4v) is 3.92. The Labute approximate surface area is 154 Å². The van der Waals surface area contributed by atoms with Crippen molar-refractivity contribution in [3.8, 4) is 0 Å². The largest absolute Gasteiger partial charge is 0.339 e. The number of hydrogen-bond donors (Lipinski definition) is 1. The zero-order valence-corrected chi connectivity index (χ0v) is 15.7. The van der Waals surface area contributed by atoms with E-state index >= 15 is 0 Å². The summed E-state index contributed by atoms with van der Waals surface area (Å²) in [5.41, 5.74) is 0. The summed E-state index contributed by atoms with van der Waals surface area (Å²) in [5, 5.41) is 6.75. The van der Waals surface area contributed by atoms with Gasteiger partial charge in [0, 0.05) is 57.9 Å². The molecule has 2 heterocycles. The van der Waals surface area contributed by atoms with E-state index in [1.165, 1.54) is 12.8 Å². The number of urea groups is 1. The Morgan fingerprint density at radius 1 is 1.38 bits per heavy atom. The first kappa shape index (κ1) is 18.7. The topological polar surface area (TPSA) is 91.6 Å². The number of aryl methyl sites for hydroxylation is 1. The number of aromatic nitrogens is 2. The van der Waals surface area contributed by atoms with Crippen molar-refractivity contribution >= 4 is 11.9 Å². The average Bonchev–Trinajstić information content (AvgIpc) is 3.35.